The summed E-state index contributed by atoms with van der Waals surface area (Å²) in [7, 11) is 0. The summed E-state index contributed by atoms with van der Waals surface area (Å²) in [4.78, 5) is 10.5. The normalized spacial score (nSPS) is 9.60. The van der Waals surface area contributed by atoms with E-state index < -0.39 is 5.97 Å². The number of alkyl halides is 1. The van der Waals surface area contributed by atoms with Gasteiger partial charge in [0.15, 0.2) is 0 Å². The van der Waals surface area contributed by atoms with Crippen molar-refractivity contribution in [2.75, 3.05) is 0 Å². The Morgan fingerprint density at radius 2 is 2.20 bits per heavy atom. The van der Waals surface area contributed by atoms with Crippen LogP contribution in [-0.4, -0.2) is 16.2 Å². The highest BCUT2D eigenvalue weighted by atomic mass is 35.5. The molecule has 1 aromatic rings. The predicted octanol–water partition coefficient (Wildman–Crippen LogP) is 1.63. The Morgan fingerprint density at radius 3 is 2.67 bits per heavy atom. The van der Waals surface area contributed by atoms with Crippen LogP contribution in [0.3, 0.4) is 0 Å². The quantitative estimate of drug-likeness (QED) is 0.766. The van der Waals surface area contributed by atoms with Gasteiger partial charge in [-0.05, 0) is 11.6 Å². The van der Waals surface area contributed by atoms with Crippen LogP contribution >= 0.6 is 11.6 Å². The molecule has 0 aliphatic carbocycles. The van der Waals surface area contributed by atoms with E-state index in [0.717, 1.165) is 0 Å². The summed E-state index contributed by atoms with van der Waals surface area (Å²) in [6.45, 7) is 0. The Morgan fingerprint density at radius 1 is 1.53 bits per heavy atom. The topological polar surface area (TPSA) is 81.3 Å². The van der Waals surface area contributed by atoms with E-state index in [1.165, 1.54) is 12.1 Å². The number of phenolic OH excluding ortho intramolecular Hbond substituents is 1. The average molecular weight is 226 g/mol. The molecular formula is C10H8ClNO3. The minimum atomic E-state index is -0.995. The second-order valence-corrected chi connectivity index (χ2v) is 3.23. The molecule has 1 aromatic carbocycles. The number of benzene rings is 1. The van der Waals surface area contributed by atoms with Crippen LogP contribution in [0.25, 0.3) is 0 Å². The molecule has 78 valence electrons. The van der Waals surface area contributed by atoms with Crippen molar-refractivity contribution in [2.45, 2.75) is 12.3 Å². The molecule has 0 fully saturated rings. The van der Waals surface area contributed by atoms with Gasteiger partial charge in [-0.1, -0.05) is 6.07 Å². The molecule has 0 unspecified atom stereocenters. The molecule has 0 spiro atoms. The van der Waals surface area contributed by atoms with Crippen LogP contribution < -0.4 is 0 Å². The van der Waals surface area contributed by atoms with Gasteiger partial charge in [0, 0.05) is 5.56 Å². The summed E-state index contributed by atoms with van der Waals surface area (Å²) in [6.07, 6.45) is -0.196. The molecule has 2 N–H and O–H groups in total. The van der Waals surface area contributed by atoms with E-state index in [2.05, 4.69) is 0 Å². The SMILES string of the molecule is N#Cc1cc(CC(=O)O)cc(CCl)c1O. The lowest BCUT2D eigenvalue weighted by Gasteiger charge is -2.05. The summed E-state index contributed by atoms with van der Waals surface area (Å²) in [5, 5.41) is 26.8. The summed E-state index contributed by atoms with van der Waals surface area (Å²) < 4.78 is 0. The van der Waals surface area contributed by atoms with Crippen LogP contribution in [0.15, 0.2) is 12.1 Å². The first-order chi connectivity index (χ1) is 7.08. The number of nitriles is 1. The average Bonchev–Trinajstić information content (AvgIpc) is 2.19. The number of aliphatic carboxylic acids is 1. The van der Waals surface area contributed by atoms with Gasteiger partial charge in [-0.2, -0.15) is 5.26 Å². The van der Waals surface area contributed by atoms with Crippen LogP contribution in [0, 0.1) is 11.3 Å². The number of rotatable bonds is 3. The number of hydrogen-bond acceptors (Lipinski definition) is 3. The van der Waals surface area contributed by atoms with Crippen molar-refractivity contribution in [3.63, 3.8) is 0 Å². The van der Waals surface area contributed by atoms with Crippen LogP contribution in [0.5, 0.6) is 5.75 Å². The van der Waals surface area contributed by atoms with Crippen LogP contribution in [-0.2, 0) is 17.1 Å². The largest absolute Gasteiger partial charge is 0.506 e. The number of carboxylic acid groups (broad SMARTS) is 1. The maximum Gasteiger partial charge on any atom is 0.307 e. The minimum Gasteiger partial charge on any atom is -0.506 e. The van der Waals surface area contributed by atoms with Gasteiger partial charge in [0.1, 0.15) is 11.8 Å². The van der Waals surface area contributed by atoms with Gasteiger partial charge in [-0.3, -0.25) is 4.79 Å². The monoisotopic (exact) mass is 225 g/mol. The molecule has 0 atom stereocenters. The molecule has 5 heteroatoms. The highest BCUT2D eigenvalue weighted by Crippen LogP contribution is 2.25. The molecule has 0 heterocycles. The third kappa shape index (κ3) is 2.61. The van der Waals surface area contributed by atoms with Crippen molar-refractivity contribution < 1.29 is 15.0 Å². The predicted molar refractivity (Wildman–Crippen MR) is 53.7 cm³/mol. The van der Waals surface area contributed by atoms with Gasteiger partial charge in [0.05, 0.1) is 17.9 Å². The van der Waals surface area contributed by atoms with Gasteiger partial charge >= 0.3 is 5.97 Å². The Labute approximate surface area is 91.3 Å². The van der Waals surface area contributed by atoms with Gasteiger partial charge < -0.3 is 10.2 Å². The molecule has 0 saturated carbocycles. The standard InChI is InChI=1S/C10H8ClNO3/c11-4-7-1-6(3-9(13)14)2-8(5-12)10(7)15/h1-2,15H,3-4H2,(H,13,14). The van der Waals surface area contributed by atoms with Gasteiger partial charge in [-0.15, -0.1) is 11.6 Å². The Bertz CT molecular complexity index is 437. The molecule has 0 bridgehead atoms. The fraction of sp³-hybridized carbons (Fsp3) is 0.200. The molecule has 15 heavy (non-hydrogen) atoms. The first-order valence-electron chi connectivity index (χ1n) is 4.11. The van der Waals surface area contributed by atoms with Crippen molar-refractivity contribution in [3.05, 3.63) is 28.8 Å². The number of hydrogen-bond donors (Lipinski definition) is 2. The van der Waals surface area contributed by atoms with Crippen LogP contribution in [0.4, 0.5) is 0 Å². The maximum atomic E-state index is 10.5. The second kappa shape index (κ2) is 4.67. The molecular weight excluding hydrogens is 218 g/mol. The third-order valence-corrected chi connectivity index (χ3v) is 2.16. The number of carbonyl (C=O) groups is 1. The fourth-order valence-corrected chi connectivity index (χ4v) is 1.43. The Balaban J connectivity index is 3.22. The van der Waals surface area contributed by atoms with Gasteiger partial charge in [0.25, 0.3) is 0 Å². The molecule has 0 aromatic heterocycles. The van der Waals surface area contributed by atoms with Crippen LogP contribution in [0.1, 0.15) is 16.7 Å². The first-order valence-corrected chi connectivity index (χ1v) is 4.64. The van der Waals surface area contributed by atoms with Crippen molar-refractivity contribution in [3.8, 4) is 11.8 Å². The van der Waals surface area contributed by atoms with E-state index in [0.29, 0.717) is 11.1 Å². The van der Waals surface area contributed by atoms with E-state index in [4.69, 9.17) is 22.0 Å². The zero-order valence-electron chi connectivity index (χ0n) is 7.70. The molecule has 4 nitrogen and oxygen atoms in total. The van der Waals surface area contributed by atoms with E-state index in [9.17, 15) is 9.90 Å². The highest BCUT2D eigenvalue weighted by Gasteiger charge is 2.10. The number of carboxylic acids is 1. The summed E-state index contributed by atoms with van der Waals surface area (Å²) >= 11 is 5.55. The third-order valence-electron chi connectivity index (χ3n) is 1.87. The zero-order valence-corrected chi connectivity index (χ0v) is 8.45. The Hall–Kier alpha value is -1.73. The summed E-state index contributed by atoms with van der Waals surface area (Å²) in [6, 6.07) is 4.61. The number of nitrogens with zero attached hydrogens (tertiary/aromatic N) is 1. The number of aromatic hydroxyl groups is 1. The lowest BCUT2D eigenvalue weighted by Crippen LogP contribution is -2.01. The maximum absolute atomic E-state index is 10.5. The van der Waals surface area contributed by atoms with Crippen molar-refractivity contribution in [2.24, 2.45) is 0 Å². The van der Waals surface area contributed by atoms with Crippen molar-refractivity contribution in [1.29, 1.82) is 5.26 Å². The molecule has 0 amide bonds. The molecule has 0 aliphatic rings. The summed E-state index contributed by atoms with van der Waals surface area (Å²) in [5.74, 6) is -1.14. The molecule has 0 saturated heterocycles. The van der Waals surface area contributed by atoms with Crippen molar-refractivity contribution in [1.82, 2.24) is 0 Å². The van der Waals surface area contributed by atoms with E-state index in [1.54, 1.807) is 6.07 Å². The lowest BCUT2D eigenvalue weighted by atomic mass is 10.0. The van der Waals surface area contributed by atoms with Gasteiger partial charge in [-0.25, -0.2) is 0 Å². The number of halogens is 1. The summed E-state index contributed by atoms with van der Waals surface area (Å²) in [5.41, 5.74) is 0.865. The van der Waals surface area contributed by atoms with E-state index in [-0.39, 0.29) is 23.6 Å². The minimum absolute atomic E-state index is 0.0357. The molecule has 1 rings (SSSR count). The van der Waals surface area contributed by atoms with Crippen LogP contribution in [0.2, 0.25) is 0 Å². The van der Waals surface area contributed by atoms with Crippen molar-refractivity contribution >= 4 is 17.6 Å². The Kier molecular flexibility index (Phi) is 3.53. The number of phenols is 1. The fourth-order valence-electron chi connectivity index (χ4n) is 1.22. The lowest BCUT2D eigenvalue weighted by molar-refractivity contribution is -0.136. The smallest absolute Gasteiger partial charge is 0.307 e. The van der Waals surface area contributed by atoms with E-state index >= 15 is 0 Å². The second-order valence-electron chi connectivity index (χ2n) is 2.97. The zero-order chi connectivity index (χ0) is 11.4. The molecule has 0 aliphatic heterocycles. The van der Waals surface area contributed by atoms with E-state index in [1.807, 2.05) is 0 Å². The molecule has 0 radical (unpaired) electrons. The first kappa shape index (κ1) is 11.3. The van der Waals surface area contributed by atoms with Gasteiger partial charge in [0.2, 0.25) is 0 Å². The highest BCUT2D eigenvalue weighted by molar-refractivity contribution is 6.17.